The minimum absolute atomic E-state index is 0.0717. The molecule has 1 amide bonds. The summed E-state index contributed by atoms with van der Waals surface area (Å²) in [5, 5.41) is 3.01. The number of hydrogen-bond acceptors (Lipinski definition) is 5. The first-order valence-corrected chi connectivity index (χ1v) is 12.4. The third-order valence-corrected chi connectivity index (χ3v) is 7.25. The molecule has 3 aromatic carbocycles. The van der Waals surface area contributed by atoms with Crippen LogP contribution in [0.1, 0.15) is 34.3 Å². The van der Waals surface area contributed by atoms with Crippen LogP contribution in [0.2, 0.25) is 0 Å². The highest BCUT2D eigenvalue weighted by atomic mass is 32.2. The van der Waals surface area contributed by atoms with Gasteiger partial charge in [0.15, 0.2) is 11.5 Å². The molecule has 0 bridgehead atoms. The second kappa shape index (κ2) is 8.78. The van der Waals surface area contributed by atoms with E-state index in [4.69, 9.17) is 9.47 Å². The number of carbonyl (C=O) groups excluding carboxylic acids is 1. The predicted molar refractivity (Wildman–Crippen MR) is 126 cm³/mol. The summed E-state index contributed by atoms with van der Waals surface area (Å²) in [5.41, 5.74) is 4.16. The number of benzene rings is 3. The SMILES string of the molecule is O=C(Nc1cccc2c1CCCC2)c1ccc(NS(=O)(=O)c2ccc3c(c2)OCCO3)cc1. The average Bonchev–Trinajstić information content (AvgIpc) is 2.84. The van der Waals surface area contributed by atoms with Crippen LogP contribution in [-0.2, 0) is 22.9 Å². The number of amides is 1. The van der Waals surface area contributed by atoms with Crippen molar-refractivity contribution in [2.75, 3.05) is 23.3 Å². The van der Waals surface area contributed by atoms with Crippen molar-refractivity contribution in [3.8, 4) is 11.5 Å². The van der Waals surface area contributed by atoms with Gasteiger partial charge in [-0.05, 0) is 79.3 Å². The predicted octanol–water partition coefficient (Wildman–Crippen LogP) is 4.39. The molecule has 0 spiro atoms. The van der Waals surface area contributed by atoms with Crippen LogP contribution in [-0.4, -0.2) is 27.5 Å². The molecule has 7 nitrogen and oxygen atoms in total. The molecule has 0 fully saturated rings. The highest BCUT2D eigenvalue weighted by Gasteiger charge is 2.20. The molecule has 0 aromatic heterocycles. The van der Waals surface area contributed by atoms with E-state index in [2.05, 4.69) is 16.1 Å². The van der Waals surface area contributed by atoms with Gasteiger partial charge in [0.1, 0.15) is 13.2 Å². The summed E-state index contributed by atoms with van der Waals surface area (Å²) < 4.78 is 39.0. The summed E-state index contributed by atoms with van der Waals surface area (Å²) in [6.45, 7) is 0.809. The lowest BCUT2D eigenvalue weighted by Gasteiger charge is -2.19. The monoisotopic (exact) mass is 464 g/mol. The number of nitrogens with one attached hydrogen (secondary N) is 2. The molecule has 170 valence electrons. The van der Waals surface area contributed by atoms with Gasteiger partial charge in [0.05, 0.1) is 4.90 Å². The number of anilines is 2. The summed E-state index contributed by atoms with van der Waals surface area (Å²) in [4.78, 5) is 12.9. The Hall–Kier alpha value is -3.52. The summed E-state index contributed by atoms with van der Waals surface area (Å²) in [6, 6.07) is 16.9. The first-order chi connectivity index (χ1) is 16.0. The molecule has 0 saturated heterocycles. The van der Waals surface area contributed by atoms with Gasteiger partial charge in [0.2, 0.25) is 0 Å². The van der Waals surface area contributed by atoms with Crippen molar-refractivity contribution in [1.82, 2.24) is 0 Å². The zero-order valence-corrected chi connectivity index (χ0v) is 18.8. The van der Waals surface area contributed by atoms with Crippen molar-refractivity contribution in [3.63, 3.8) is 0 Å². The molecule has 2 aliphatic rings. The Balaban J connectivity index is 1.29. The minimum Gasteiger partial charge on any atom is -0.486 e. The third-order valence-electron chi connectivity index (χ3n) is 5.87. The van der Waals surface area contributed by atoms with E-state index in [0.29, 0.717) is 36.0 Å². The van der Waals surface area contributed by atoms with Crippen LogP contribution in [0.4, 0.5) is 11.4 Å². The van der Waals surface area contributed by atoms with Gasteiger partial charge in [0, 0.05) is 23.0 Å². The number of carbonyl (C=O) groups is 1. The van der Waals surface area contributed by atoms with Crippen LogP contribution in [0.3, 0.4) is 0 Å². The lowest BCUT2D eigenvalue weighted by molar-refractivity contribution is 0.102. The van der Waals surface area contributed by atoms with Crippen LogP contribution >= 0.6 is 0 Å². The van der Waals surface area contributed by atoms with Gasteiger partial charge in [-0.15, -0.1) is 0 Å². The topological polar surface area (TPSA) is 93.7 Å². The molecule has 0 unspecified atom stereocenters. The molecule has 2 N–H and O–H groups in total. The van der Waals surface area contributed by atoms with E-state index in [9.17, 15) is 13.2 Å². The Labute approximate surface area is 192 Å². The molecule has 3 aromatic rings. The number of hydrogen-bond donors (Lipinski definition) is 2. The quantitative estimate of drug-likeness (QED) is 0.584. The Bertz CT molecular complexity index is 1300. The van der Waals surface area contributed by atoms with E-state index in [1.165, 1.54) is 29.7 Å². The summed E-state index contributed by atoms with van der Waals surface area (Å²) in [7, 11) is -3.82. The van der Waals surface area contributed by atoms with Crippen LogP contribution in [0.5, 0.6) is 11.5 Å². The Kier molecular flexibility index (Phi) is 5.68. The molecule has 1 heterocycles. The van der Waals surface area contributed by atoms with Crippen LogP contribution in [0.25, 0.3) is 0 Å². The number of rotatable bonds is 5. The standard InChI is InChI=1S/C25H24N2O5S/c28-25(26-22-7-3-5-17-4-1-2-6-21(17)22)18-8-10-19(11-9-18)27-33(29,30)20-12-13-23-24(16-20)32-15-14-31-23/h3,5,7-13,16,27H,1-2,4,6,14-15H2,(H,26,28). The van der Waals surface area contributed by atoms with E-state index in [1.807, 2.05) is 12.1 Å². The maximum Gasteiger partial charge on any atom is 0.262 e. The summed E-state index contributed by atoms with van der Waals surface area (Å²) in [5.74, 6) is 0.699. The second-order valence-corrected chi connectivity index (χ2v) is 9.78. The molecule has 1 aliphatic heterocycles. The summed E-state index contributed by atoms with van der Waals surface area (Å²) in [6.07, 6.45) is 4.30. The molecular weight excluding hydrogens is 440 g/mol. The van der Waals surface area contributed by atoms with Crippen molar-refractivity contribution in [2.45, 2.75) is 30.6 Å². The molecule has 8 heteroatoms. The maximum absolute atomic E-state index is 12.8. The largest absolute Gasteiger partial charge is 0.486 e. The number of fused-ring (bicyclic) bond motifs is 2. The van der Waals surface area contributed by atoms with Gasteiger partial charge < -0.3 is 14.8 Å². The molecule has 33 heavy (non-hydrogen) atoms. The van der Waals surface area contributed by atoms with Crippen molar-refractivity contribution >= 4 is 27.3 Å². The van der Waals surface area contributed by atoms with Crippen LogP contribution < -0.4 is 19.5 Å². The van der Waals surface area contributed by atoms with E-state index in [0.717, 1.165) is 24.9 Å². The van der Waals surface area contributed by atoms with E-state index < -0.39 is 10.0 Å². The van der Waals surface area contributed by atoms with Gasteiger partial charge in [-0.1, -0.05) is 12.1 Å². The highest BCUT2D eigenvalue weighted by molar-refractivity contribution is 7.92. The Morgan fingerprint density at radius 3 is 2.42 bits per heavy atom. The fourth-order valence-corrected chi connectivity index (χ4v) is 5.26. The lowest BCUT2D eigenvalue weighted by Crippen LogP contribution is -2.17. The fraction of sp³-hybridized carbons (Fsp3) is 0.240. The molecule has 0 radical (unpaired) electrons. The van der Waals surface area contributed by atoms with Gasteiger partial charge in [0.25, 0.3) is 15.9 Å². The van der Waals surface area contributed by atoms with Crippen molar-refractivity contribution in [2.24, 2.45) is 0 Å². The zero-order chi connectivity index (χ0) is 22.8. The Morgan fingerprint density at radius 2 is 1.61 bits per heavy atom. The van der Waals surface area contributed by atoms with Crippen molar-refractivity contribution < 1.29 is 22.7 Å². The second-order valence-electron chi connectivity index (χ2n) is 8.09. The molecule has 0 atom stereocenters. The smallest absolute Gasteiger partial charge is 0.262 e. The molecule has 1 aliphatic carbocycles. The highest BCUT2D eigenvalue weighted by Crippen LogP contribution is 2.33. The number of sulfonamides is 1. The number of aryl methyl sites for hydroxylation is 1. The zero-order valence-electron chi connectivity index (χ0n) is 18.0. The van der Waals surface area contributed by atoms with Crippen LogP contribution in [0.15, 0.2) is 65.6 Å². The lowest BCUT2D eigenvalue weighted by atomic mass is 9.90. The third kappa shape index (κ3) is 4.52. The first-order valence-electron chi connectivity index (χ1n) is 10.9. The Morgan fingerprint density at radius 1 is 0.848 bits per heavy atom. The number of ether oxygens (including phenoxy) is 2. The molecule has 5 rings (SSSR count). The van der Waals surface area contributed by atoms with Gasteiger partial charge >= 0.3 is 0 Å². The summed E-state index contributed by atoms with van der Waals surface area (Å²) >= 11 is 0. The van der Waals surface area contributed by atoms with E-state index in [1.54, 1.807) is 30.3 Å². The van der Waals surface area contributed by atoms with Crippen LogP contribution in [0, 0.1) is 0 Å². The first kappa shape index (κ1) is 21.3. The minimum atomic E-state index is -3.82. The van der Waals surface area contributed by atoms with Gasteiger partial charge in [-0.3, -0.25) is 9.52 Å². The normalized spacial score (nSPS) is 14.8. The van der Waals surface area contributed by atoms with Gasteiger partial charge in [-0.25, -0.2) is 8.42 Å². The molecule has 0 saturated carbocycles. The van der Waals surface area contributed by atoms with E-state index >= 15 is 0 Å². The van der Waals surface area contributed by atoms with Gasteiger partial charge in [-0.2, -0.15) is 0 Å². The van der Waals surface area contributed by atoms with Crippen molar-refractivity contribution in [1.29, 1.82) is 0 Å². The fourth-order valence-electron chi connectivity index (χ4n) is 4.19. The van der Waals surface area contributed by atoms with E-state index in [-0.39, 0.29) is 10.8 Å². The average molecular weight is 465 g/mol. The van der Waals surface area contributed by atoms with Crippen molar-refractivity contribution in [3.05, 3.63) is 77.4 Å². The molecular formula is C25H24N2O5S. The maximum atomic E-state index is 12.8.